The average Bonchev–Trinajstić information content (AvgIpc) is 2.61. The van der Waals surface area contributed by atoms with Gasteiger partial charge in [0.05, 0.1) is 11.7 Å². The molecule has 16 heavy (non-hydrogen) atoms. The topological polar surface area (TPSA) is 17.8 Å². The van der Waals surface area contributed by atoms with Crippen molar-refractivity contribution in [1.82, 2.24) is 9.78 Å². The zero-order chi connectivity index (χ0) is 11.8. The van der Waals surface area contributed by atoms with E-state index in [1.165, 1.54) is 32.1 Å². The van der Waals surface area contributed by atoms with Gasteiger partial charge in [-0.15, -0.1) is 0 Å². The maximum atomic E-state index is 6.28. The number of rotatable bonds is 1. The van der Waals surface area contributed by atoms with Gasteiger partial charge < -0.3 is 0 Å². The fraction of sp³-hybridized carbons (Fsp3) is 0.769. The van der Waals surface area contributed by atoms with Gasteiger partial charge >= 0.3 is 0 Å². The lowest BCUT2D eigenvalue weighted by Crippen LogP contribution is -2.17. The molecule has 0 atom stereocenters. The van der Waals surface area contributed by atoms with Gasteiger partial charge in [-0.2, -0.15) is 5.10 Å². The summed E-state index contributed by atoms with van der Waals surface area (Å²) in [6.07, 6.45) is 6.44. The first-order chi connectivity index (χ1) is 7.48. The second-order valence-electron chi connectivity index (χ2n) is 5.84. The molecule has 2 rings (SSSR count). The third kappa shape index (κ3) is 2.42. The smallest absolute Gasteiger partial charge is 0.127 e. The van der Waals surface area contributed by atoms with Crippen molar-refractivity contribution in [3.63, 3.8) is 0 Å². The minimum atomic E-state index is 0.0869. The molecule has 2 nitrogen and oxygen atoms in total. The Bertz CT molecular complexity index is 356. The summed E-state index contributed by atoms with van der Waals surface area (Å²) in [4.78, 5) is 0. The molecule has 1 aromatic rings. The molecule has 1 aliphatic rings. The van der Waals surface area contributed by atoms with Crippen molar-refractivity contribution in [3.05, 3.63) is 16.9 Å². The molecule has 0 amide bonds. The van der Waals surface area contributed by atoms with Gasteiger partial charge in [0, 0.05) is 5.41 Å². The van der Waals surface area contributed by atoms with Crippen LogP contribution in [0.15, 0.2) is 6.07 Å². The molecule has 0 spiro atoms. The monoisotopic (exact) mass is 240 g/mol. The van der Waals surface area contributed by atoms with Crippen LogP contribution in [-0.2, 0) is 5.41 Å². The van der Waals surface area contributed by atoms with E-state index in [9.17, 15) is 0 Å². The van der Waals surface area contributed by atoms with Gasteiger partial charge in [-0.25, -0.2) is 0 Å². The van der Waals surface area contributed by atoms with Crippen LogP contribution in [0.1, 0.15) is 64.6 Å². The van der Waals surface area contributed by atoms with Crippen LogP contribution in [-0.4, -0.2) is 9.78 Å². The second-order valence-corrected chi connectivity index (χ2v) is 6.23. The molecule has 0 N–H and O–H groups in total. The highest BCUT2D eigenvalue weighted by Gasteiger charge is 2.23. The van der Waals surface area contributed by atoms with E-state index in [-0.39, 0.29) is 5.41 Å². The molecule has 1 fully saturated rings. The molecule has 1 saturated carbocycles. The van der Waals surface area contributed by atoms with Gasteiger partial charge in [-0.3, -0.25) is 4.68 Å². The Morgan fingerprint density at radius 2 is 1.88 bits per heavy atom. The zero-order valence-corrected chi connectivity index (χ0v) is 11.2. The molecule has 1 aromatic heterocycles. The molecular formula is C13H21ClN2. The van der Waals surface area contributed by atoms with Crippen LogP contribution in [0.5, 0.6) is 0 Å². The minimum Gasteiger partial charge on any atom is -0.251 e. The van der Waals surface area contributed by atoms with E-state index in [0.717, 1.165) is 10.8 Å². The Hall–Kier alpha value is -0.500. The molecule has 1 heterocycles. The zero-order valence-electron chi connectivity index (χ0n) is 10.5. The van der Waals surface area contributed by atoms with E-state index in [4.69, 9.17) is 11.6 Å². The van der Waals surface area contributed by atoms with E-state index in [0.29, 0.717) is 6.04 Å². The SMILES string of the molecule is CC(C)(C)c1cc(Cl)n(C2CCCCC2)n1. The van der Waals surface area contributed by atoms with Crippen molar-refractivity contribution in [3.8, 4) is 0 Å². The predicted molar refractivity (Wildman–Crippen MR) is 68.1 cm³/mol. The van der Waals surface area contributed by atoms with E-state index < -0.39 is 0 Å². The largest absolute Gasteiger partial charge is 0.251 e. The molecule has 3 heteroatoms. The minimum absolute atomic E-state index is 0.0869. The lowest BCUT2D eigenvalue weighted by atomic mass is 9.93. The van der Waals surface area contributed by atoms with Crippen molar-refractivity contribution in [2.75, 3.05) is 0 Å². The van der Waals surface area contributed by atoms with Crippen molar-refractivity contribution in [1.29, 1.82) is 0 Å². The Balaban J connectivity index is 2.24. The molecule has 0 aromatic carbocycles. The second kappa shape index (κ2) is 4.40. The molecule has 90 valence electrons. The predicted octanol–water partition coefficient (Wildman–Crippen LogP) is 4.34. The lowest BCUT2D eigenvalue weighted by molar-refractivity contribution is 0.326. The average molecular weight is 241 g/mol. The third-order valence-electron chi connectivity index (χ3n) is 3.38. The molecular weight excluding hydrogens is 220 g/mol. The van der Waals surface area contributed by atoms with Gasteiger partial charge in [0.25, 0.3) is 0 Å². The highest BCUT2D eigenvalue weighted by atomic mass is 35.5. The first-order valence-corrected chi connectivity index (χ1v) is 6.62. The van der Waals surface area contributed by atoms with Gasteiger partial charge in [-0.1, -0.05) is 51.6 Å². The van der Waals surface area contributed by atoms with E-state index in [1.54, 1.807) is 0 Å². The number of hydrogen-bond donors (Lipinski definition) is 0. The van der Waals surface area contributed by atoms with Crippen molar-refractivity contribution in [2.45, 2.75) is 64.3 Å². The fourth-order valence-electron chi connectivity index (χ4n) is 2.32. The third-order valence-corrected chi connectivity index (χ3v) is 3.66. The first-order valence-electron chi connectivity index (χ1n) is 6.24. The van der Waals surface area contributed by atoms with Crippen LogP contribution in [0.3, 0.4) is 0 Å². The van der Waals surface area contributed by atoms with Gasteiger partial charge in [0.1, 0.15) is 5.15 Å². The Kier molecular flexibility index (Phi) is 3.29. The standard InChI is InChI=1S/C13H21ClN2/c1-13(2,3)11-9-12(14)16(15-11)10-7-5-4-6-8-10/h9-10H,4-8H2,1-3H3. The fourth-order valence-corrected chi connectivity index (χ4v) is 2.60. The number of nitrogens with zero attached hydrogens (tertiary/aromatic N) is 2. The molecule has 0 radical (unpaired) electrons. The summed E-state index contributed by atoms with van der Waals surface area (Å²) in [6.45, 7) is 6.53. The van der Waals surface area contributed by atoms with Crippen LogP contribution >= 0.6 is 11.6 Å². The normalized spacial score (nSPS) is 19.0. The summed E-state index contributed by atoms with van der Waals surface area (Å²) >= 11 is 6.28. The molecule has 0 aliphatic heterocycles. The molecule has 0 unspecified atom stereocenters. The maximum absolute atomic E-state index is 6.28. The van der Waals surface area contributed by atoms with Crippen LogP contribution in [0.2, 0.25) is 5.15 Å². The van der Waals surface area contributed by atoms with Crippen LogP contribution in [0, 0.1) is 0 Å². The van der Waals surface area contributed by atoms with E-state index in [1.807, 2.05) is 10.7 Å². The Labute approximate surface area is 103 Å². The Morgan fingerprint density at radius 1 is 1.25 bits per heavy atom. The molecule has 1 aliphatic carbocycles. The van der Waals surface area contributed by atoms with E-state index in [2.05, 4.69) is 25.9 Å². The van der Waals surface area contributed by atoms with Crippen LogP contribution in [0.4, 0.5) is 0 Å². The van der Waals surface area contributed by atoms with Crippen molar-refractivity contribution >= 4 is 11.6 Å². The van der Waals surface area contributed by atoms with Gasteiger partial charge in [-0.05, 0) is 18.9 Å². The first kappa shape index (κ1) is 12.0. The highest BCUT2D eigenvalue weighted by Crippen LogP contribution is 2.32. The molecule has 0 saturated heterocycles. The molecule has 0 bridgehead atoms. The summed E-state index contributed by atoms with van der Waals surface area (Å²) in [5, 5.41) is 5.49. The summed E-state index contributed by atoms with van der Waals surface area (Å²) in [5.74, 6) is 0. The summed E-state index contributed by atoms with van der Waals surface area (Å²) in [7, 11) is 0. The Morgan fingerprint density at radius 3 is 2.38 bits per heavy atom. The lowest BCUT2D eigenvalue weighted by Gasteiger charge is -2.23. The van der Waals surface area contributed by atoms with E-state index >= 15 is 0 Å². The van der Waals surface area contributed by atoms with Crippen LogP contribution in [0.25, 0.3) is 0 Å². The van der Waals surface area contributed by atoms with Crippen LogP contribution < -0.4 is 0 Å². The number of aromatic nitrogens is 2. The van der Waals surface area contributed by atoms with Crippen molar-refractivity contribution < 1.29 is 0 Å². The summed E-state index contributed by atoms with van der Waals surface area (Å²) in [5.41, 5.74) is 1.19. The quantitative estimate of drug-likeness (QED) is 0.714. The summed E-state index contributed by atoms with van der Waals surface area (Å²) < 4.78 is 2.04. The van der Waals surface area contributed by atoms with Gasteiger partial charge in [0.15, 0.2) is 0 Å². The highest BCUT2D eigenvalue weighted by molar-refractivity contribution is 6.29. The van der Waals surface area contributed by atoms with Gasteiger partial charge in [0.2, 0.25) is 0 Å². The maximum Gasteiger partial charge on any atom is 0.127 e. The summed E-state index contributed by atoms with van der Waals surface area (Å²) in [6, 6.07) is 2.55. The number of hydrogen-bond acceptors (Lipinski definition) is 1. The van der Waals surface area contributed by atoms with Crippen molar-refractivity contribution in [2.24, 2.45) is 0 Å². The number of halogens is 1.